The van der Waals surface area contributed by atoms with Gasteiger partial charge in [-0.15, -0.1) is 0 Å². The first-order chi connectivity index (χ1) is 11.6. The van der Waals surface area contributed by atoms with Crippen molar-refractivity contribution in [3.8, 4) is 11.1 Å². The zero-order valence-electron chi connectivity index (χ0n) is 13.8. The largest absolute Gasteiger partial charge is 0.316 e. The van der Waals surface area contributed by atoms with E-state index < -0.39 is 0 Å². The molecule has 24 heavy (non-hydrogen) atoms. The molecule has 120 valence electrons. The summed E-state index contributed by atoms with van der Waals surface area (Å²) in [5.41, 5.74) is 4.36. The molecule has 0 aliphatic rings. The Balaban J connectivity index is 2.08. The number of rotatable bonds is 2. The molecule has 0 spiro atoms. The first-order valence-electron chi connectivity index (χ1n) is 7.70. The highest BCUT2D eigenvalue weighted by molar-refractivity contribution is 5.86. The van der Waals surface area contributed by atoms with Crippen LogP contribution in [-0.4, -0.2) is 33.4 Å². The molecule has 0 unspecified atom stereocenters. The quantitative estimate of drug-likeness (QED) is 0.568. The maximum Gasteiger partial charge on any atom is 0.279 e. The predicted molar refractivity (Wildman–Crippen MR) is 95.0 cm³/mol. The van der Waals surface area contributed by atoms with Crippen molar-refractivity contribution < 1.29 is 0 Å². The summed E-state index contributed by atoms with van der Waals surface area (Å²) in [5.74, 6) is 0. The molecular weight excluding hydrogens is 302 g/mol. The van der Waals surface area contributed by atoms with Gasteiger partial charge < -0.3 is 5.01 Å². The number of nitrogens with zero attached hydrogens (tertiary/aromatic N) is 5. The second-order valence-corrected chi connectivity index (χ2v) is 5.93. The average molecular weight is 319 g/mol. The maximum atomic E-state index is 12.6. The minimum Gasteiger partial charge on any atom is -0.316 e. The number of fused-ring (bicyclic) bond motifs is 3. The summed E-state index contributed by atoms with van der Waals surface area (Å²) in [7, 11) is 3.65. The standard InChI is InChI=1S/C18H17N5O/c1-12-16(13-7-5-4-6-8-13)17-19-11-14-15(23(17)20-12)9-10-22(18(14)24)21(2)3/h4-11H,1-3H3. The Hall–Kier alpha value is -3.15. The van der Waals surface area contributed by atoms with E-state index in [0.29, 0.717) is 5.39 Å². The fourth-order valence-corrected chi connectivity index (χ4v) is 3.02. The lowest BCUT2D eigenvalue weighted by Gasteiger charge is -2.15. The van der Waals surface area contributed by atoms with E-state index in [4.69, 9.17) is 0 Å². The molecule has 6 heteroatoms. The lowest BCUT2D eigenvalue weighted by molar-refractivity contribution is 0.705. The number of hydrogen-bond acceptors (Lipinski definition) is 4. The molecule has 3 aromatic heterocycles. The van der Waals surface area contributed by atoms with Gasteiger partial charge in [0.1, 0.15) is 0 Å². The zero-order valence-corrected chi connectivity index (χ0v) is 13.8. The fourth-order valence-electron chi connectivity index (χ4n) is 3.02. The van der Waals surface area contributed by atoms with Gasteiger partial charge in [-0.2, -0.15) is 5.10 Å². The molecule has 0 aliphatic carbocycles. The topological polar surface area (TPSA) is 55.4 Å². The highest BCUT2D eigenvalue weighted by Crippen LogP contribution is 2.28. The molecule has 4 aromatic rings. The van der Waals surface area contributed by atoms with E-state index in [1.54, 1.807) is 26.6 Å². The van der Waals surface area contributed by atoms with Gasteiger partial charge in [-0.3, -0.25) is 4.79 Å². The summed E-state index contributed by atoms with van der Waals surface area (Å²) >= 11 is 0. The van der Waals surface area contributed by atoms with Gasteiger partial charge in [0.2, 0.25) is 0 Å². The third-order valence-electron chi connectivity index (χ3n) is 4.16. The molecule has 4 rings (SSSR count). The Bertz CT molecular complexity index is 1110. The molecule has 0 saturated heterocycles. The Kier molecular flexibility index (Phi) is 3.13. The third kappa shape index (κ3) is 2.00. The van der Waals surface area contributed by atoms with Crippen LogP contribution < -0.4 is 10.6 Å². The van der Waals surface area contributed by atoms with Gasteiger partial charge in [-0.05, 0) is 18.6 Å². The van der Waals surface area contributed by atoms with Gasteiger partial charge >= 0.3 is 0 Å². The van der Waals surface area contributed by atoms with E-state index in [0.717, 1.165) is 28.0 Å². The van der Waals surface area contributed by atoms with E-state index in [-0.39, 0.29) is 5.56 Å². The second-order valence-electron chi connectivity index (χ2n) is 5.93. The van der Waals surface area contributed by atoms with Gasteiger partial charge in [0.05, 0.1) is 16.6 Å². The number of pyridine rings is 1. The SMILES string of the molecule is Cc1nn2c(ncc3c(=O)n(N(C)C)ccc32)c1-c1ccccc1. The highest BCUT2D eigenvalue weighted by Gasteiger charge is 2.16. The Morgan fingerprint density at radius 2 is 1.83 bits per heavy atom. The summed E-state index contributed by atoms with van der Waals surface area (Å²) in [6.45, 7) is 1.96. The van der Waals surface area contributed by atoms with Crippen LogP contribution in [0.1, 0.15) is 5.69 Å². The molecule has 1 aromatic carbocycles. The normalized spacial score (nSPS) is 11.3. The minimum atomic E-state index is -0.110. The molecule has 0 N–H and O–H groups in total. The molecule has 0 aliphatic heterocycles. The lowest BCUT2D eigenvalue weighted by atomic mass is 10.1. The van der Waals surface area contributed by atoms with Crippen LogP contribution in [0.15, 0.2) is 53.6 Å². The van der Waals surface area contributed by atoms with Crippen molar-refractivity contribution in [2.24, 2.45) is 0 Å². The van der Waals surface area contributed by atoms with Gasteiger partial charge in [0.25, 0.3) is 5.56 Å². The summed E-state index contributed by atoms with van der Waals surface area (Å²) in [5, 5.41) is 6.90. The van der Waals surface area contributed by atoms with E-state index in [2.05, 4.69) is 10.1 Å². The van der Waals surface area contributed by atoms with Crippen LogP contribution in [0.5, 0.6) is 0 Å². The van der Waals surface area contributed by atoms with Crippen molar-refractivity contribution >= 4 is 16.6 Å². The summed E-state index contributed by atoms with van der Waals surface area (Å²) in [6.07, 6.45) is 3.39. The fraction of sp³-hybridized carbons (Fsp3) is 0.167. The second kappa shape index (κ2) is 5.19. The molecule has 0 fully saturated rings. The Labute approximate surface area is 138 Å². The van der Waals surface area contributed by atoms with Crippen molar-refractivity contribution in [1.82, 2.24) is 19.3 Å². The van der Waals surface area contributed by atoms with Crippen LogP contribution >= 0.6 is 0 Å². The van der Waals surface area contributed by atoms with Crippen LogP contribution in [0.25, 0.3) is 27.7 Å². The zero-order chi connectivity index (χ0) is 16.8. The maximum absolute atomic E-state index is 12.6. The molecule has 0 amide bonds. The Morgan fingerprint density at radius 1 is 1.08 bits per heavy atom. The van der Waals surface area contributed by atoms with Crippen molar-refractivity contribution in [1.29, 1.82) is 0 Å². The van der Waals surface area contributed by atoms with E-state index in [1.165, 1.54) is 0 Å². The number of hydrogen-bond donors (Lipinski definition) is 0. The van der Waals surface area contributed by atoms with Crippen LogP contribution in [0.3, 0.4) is 0 Å². The van der Waals surface area contributed by atoms with Crippen molar-refractivity contribution in [3.05, 3.63) is 64.8 Å². The van der Waals surface area contributed by atoms with Crippen LogP contribution in [0, 0.1) is 6.92 Å². The van der Waals surface area contributed by atoms with Crippen LogP contribution in [-0.2, 0) is 0 Å². The van der Waals surface area contributed by atoms with Gasteiger partial charge in [-0.25, -0.2) is 14.2 Å². The smallest absolute Gasteiger partial charge is 0.279 e. The molecule has 6 nitrogen and oxygen atoms in total. The monoisotopic (exact) mass is 319 g/mol. The van der Waals surface area contributed by atoms with E-state index >= 15 is 0 Å². The number of benzene rings is 1. The van der Waals surface area contributed by atoms with Crippen LogP contribution in [0.4, 0.5) is 0 Å². The first kappa shape index (κ1) is 14.4. The summed E-state index contributed by atoms with van der Waals surface area (Å²) in [6, 6.07) is 12.0. The minimum absolute atomic E-state index is 0.110. The van der Waals surface area contributed by atoms with Gasteiger partial charge in [0.15, 0.2) is 5.65 Å². The van der Waals surface area contributed by atoms with E-state index in [1.807, 2.05) is 57.4 Å². The Morgan fingerprint density at radius 3 is 2.54 bits per heavy atom. The summed E-state index contributed by atoms with van der Waals surface area (Å²) < 4.78 is 3.30. The number of aryl methyl sites for hydroxylation is 1. The van der Waals surface area contributed by atoms with Crippen LogP contribution in [0.2, 0.25) is 0 Å². The third-order valence-corrected chi connectivity index (χ3v) is 4.16. The first-order valence-corrected chi connectivity index (χ1v) is 7.70. The molecular formula is C18H17N5O. The van der Waals surface area contributed by atoms with Crippen molar-refractivity contribution in [2.45, 2.75) is 6.92 Å². The van der Waals surface area contributed by atoms with Crippen molar-refractivity contribution in [3.63, 3.8) is 0 Å². The molecule has 0 radical (unpaired) electrons. The predicted octanol–water partition coefficient (Wildman–Crippen LogP) is 2.22. The molecule has 0 atom stereocenters. The number of aromatic nitrogens is 4. The summed E-state index contributed by atoms with van der Waals surface area (Å²) in [4.78, 5) is 17.2. The van der Waals surface area contributed by atoms with Gasteiger partial charge in [-0.1, -0.05) is 30.3 Å². The molecule has 0 bridgehead atoms. The molecule has 3 heterocycles. The lowest BCUT2D eigenvalue weighted by Crippen LogP contribution is -2.35. The van der Waals surface area contributed by atoms with E-state index in [9.17, 15) is 4.79 Å². The van der Waals surface area contributed by atoms with Gasteiger partial charge in [0, 0.05) is 32.1 Å². The molecule has 0 saturated carbocycles. The average Bonchev–Trinajstić information content (AvgIpc) is 2.92. The van der Waals surface area contributed by atoms with Crippen molar-refractivity contribution in [2.75, 3.05) is 19.1 Å². The highest BCUT2D eigenvalue weighted by atomic mass is 16.1.